The molecule has 0 aliphatic carbocycles. The lowest BCUT2D eigenvalue weighted by Gasteiger charge is -2.04. The minimum atomic E-state index is 0.291. The molecule has 3 nitrogen and oxygen atoms in total. The number of rotatable bonds is 5. The van der Waals surface area contributed by atoms with Gasteiger partial charge in [-0.15, -0.1) is 0 Å². The van der Waals surface area contributed by atoms with Gasteiger partial charge in [-0.25, -0.2) is 0 Å². The summed E-state index contributed by atoms with van der Waals surface area (Å²) in [5, 5.41) is 0. The van der Waals surface area contributed by atoms with Gasteiger partial charge in [0.05, 0.1) is 12.9 Å². The van der Waals surface area contributed by atoms with Crippen molar-refractivity contribution >= 4 is 0 Å². The van der Waals surface area contributed by atoms with Gasteiger partial charge in [-0.3, -0.25) is 0 Å². The van der Waals surface area contributed by atoms with Gasteiger partial charge >= 0.3 is 0 Å². The van der Waals surface area contributed by atoms with E-state index in [-0.39, 0.29) is 0 Å². The molecule has 2 rings (SSSR count). The average Bonchev–Trinajstić information content (AvgIpc) is 3.01. The highest BCUT2D eigenvalue weighted by molar-refractivity contribution is 5.31. The lowest BCUT2D eigenvalue weighted by Crippen LogP contribution is -2.03. The maximum Gasteiger partial charge on any atom is 0.126 e. The fourth-order valence-corrected chi connectivity index (χ4v) is 1.06. The van der Waals surface area contributed by atoms with Crippen LogP contribution in [0.2, 0.25) is 0 Å². The minimum absolute atomic E-state index is 0.291. The molecule has 1 fully saturated rings. The van der Waals surface area contributed by atoms with Gasteiger partial charge in [-0.05, 0) is 24.3 Å². The summed E-state index contributed by atoms with van der Waals surface area (Å²) in [6.07, 6.45) is 1.69. The molecule has 0 N–H and O–H groups in total. The van der Waals surface area contributed by atoms with Gasteiger partial charge in [0, 0.05) is 0 Å². The van der Waals surface area contributed by atoms with Crippen LogP contribution >= 0.6 is 0 Å². The van der Waals surface area contributed by atoms with Crippen molar-refractivity contribution < 1.29 is 14.2 Å². The van der Waals surface area contributed by atoms with Gasteiger partial charge in [-0.2, -0.15) is 0 Å². The van der Waals surface area contributed by atoms with Crippen LogP contribution in [0, 0.1) is 0 Å². The maximum absolute atomic E-state index is 5.46. The van der Waals surface area contributed by atoms with Crippen LogP contribution in [0.25, 0.3) is 0 Å². The summed E-state index contributed by atoms with van der Waals surface area (Å²) in [7, 11) is 0. The maximum atomic E-state index is 5.46. The molecule has 0 saturated carbocycles. The average molecular weight is 192 g/mol. The van der Waals surface area contributed by atoms with E-state index in [1.165, 1.54) is 6.26 Å². The zero-order valence-corrected chi connectivity index (χ0v) is 7.81. The first-order chi connectivity index (χ1) is 6.88. The highest BCUT2D eigenvalue weighted by atomic mass is 16.6. The van der Waals surface area contributed by atoms with Crippen molar-refractivity contribution in [3.63, 3.8) is 0 Å². The zero-order chi connectivity index (χ0) is 9.80. The zero-order valence-electron chi connectivity index (χ0n) is 7.81. The molecular formula is C11H12O3. The first-order valence-electron chi connectivity index (χ1n) is 4.50. The smallest absolute Gasteiger partial charge is 0.126 e. The molecule has 0 aromatic heterocycles. The Morgan fingerprint density at radius 3 is 2.57 bits per heavy atom. The van der Waals surface area contributed by atoms with Gasteiger partial charge in [0.15, 0.2) is 0 Å². The molecule has 1 aliphatic heterocycles. The lowest BCUT2D eigenvalue weighted by atomic mass is 10.3. The van der Waals surface area contributed by atoms with E-state index in [4.69, 9.17) is 14.2 Å². The van der Waals surface area contributed by atoms with Crippen molar-refractivity contribution in [3.05, 3.63) is 37.1 Å². The summed E-state index contributed by atoms with van der Waals surface area (Å²) in [5.41, 5.74) is 0. The molecule has 0 spiro atoms. The fraction of sp³-hybridized carbons (Fsp3) is 0.273. The Balaban J connectivity index is 1.87. The number of benzene rings is 1. The molecule has 14 heavy (non-hydrogen) atoms. The molecule has 0 bridgehead atoms. The fourth-order valence-electron chi connectivity index (χ4n) is 1.06. The first-order valence-corrected chi connectivity index (χ1v) is 4.50. The van der Waals surface area contributed by atoms with E-state index in [0.29, 0.717) is 12.7 Å². The standard InChI is InChI=1S/C11H12O3/c1-2-12-9-3-5-10(6-4-9)13-7-11-8-14-11/h2-6,11H,1,7-8H2. The quantitative estimate of drug-likeness (QED) is 0.528. The molecule has 1 aliphatic rings. The third-order valence-corrected chi connectivity index (χ3v) is 1.88. The van der Waals surface area contributed by atoms with Crippen molar-refractivity contribution in [1.29, 1.82) is 0 Å². The van der Waals surface area contributed by atoms with Crippen LogP contribution in [0.4, 0.5) is 0 Å². The summed E-state index contributed by atoms with van der Waals surface area (Å²) in [6.45, 7) is 4.92. The highest BCUT2D eigenvalue weighted by Crippen LogP contribution is 2.19. The molecule has 1 aromatic carbocycles. The molecule has 1 saturated heterocycles. The number of hydrogen-bond donors (Lipinski definition) is 0. The van der Waals surface area contributed by atoms with Crippen LogP contribution in [-0.4, -0.2) is 19.3 Å². The van der Waals surface area contributed by atoms with E-state index in [1.807, 2.05) is 24.3 Å². The molecule has 74 valence electrons. The number of ether oxygens (including phenoxy) is 3. The summed E-state index contributed by atoms with van der Waals surface area (Å²) >= 11 is 0. The first kappa shape index (κ1) is 9.09. The molecular weight excluding hydrogens is 180 g/mol. The minimum Gasteiger partial charge on any atom is -0.491 e. The molecule has 0 amide bonds. The van der Waals surface area contributed by atoms with Gasteiger partial charge in [0.2, 0.25) is 0 Å². The summed E-state index contributed by atoms with van der Waals surface area (Å²) < 4.78 is 15.6. The predicted molar refractivity (Wildman–Crippen MR) is 52.5 cm³/mol. The molecule has 1 atom stereocenters. The Bertz CT molecular complexity index is 301. The van der Waals surface area contributed by atoms with Gasteiger partial charge in [0.1, 0.15) is 24.2 Å². The van der Waals surface area contributed by atoms with Crippen LogP contribution in [0.5, 0.6) is 11.5 Å². The molecule has 1 heterocycles. The predicted octanol–water partition coefficient (Wildman–Crippen LogP) is 1.99. The summed E-state index contributed by atoms with van der Waals surface area (Å²) in [4.78, 5) is 0. The Labute approximate surface area is 82.9 Å². The SMILES string of the molecule is C=COc1ccc(OCC2CO2)cc1. The molecule has 3 heteroatoms. The van der Waals surface area contributed by atoms with Crippen molar-refractivity contribution in [2.45, 2.75) is 6.10 Å². The topological polar surface area (TPSA) is 31.0 Å². The normalized spacial score (nSPS) is 18.7. The van der Waals surface area contributed by atoms with Crippen LogP contribution in [0.3, 0.4) is 0 Å². The van der Waals surface area contributed by atoms with Gasteiger partial charge < -0.3 is 14.2 Å². The second-order valence-electron chi connectivity index (χ2n) is 3.02. The van der Waals surface area contributed by atoms with E-state index in [9.17, 15) is 0 Å². The van der Waals surface area contributed by atoms with E-state index in [0.717, 1.165) is 18.1 Å². The molecule has 1 unspecified atom stereocenters. The van der Waals surface area contributed by atoms with E-state index >= 15 is 0 Å². The second-order valence-corrected chi connectivity index (χ2v) is 3.02. The van der Waals surface area contributed by atoms with Crippen molar-refractivity contribution in [1.82, 2.24) is 0 Å². The van der Waals surface area contributed by atoms with Crippen molar-refractivity contribution in [2.75, 3.05) is 13.2 Å². The Kier molecular flexibility index (Phi) is 2.70. The van der Waals surface area contributed by atoms with E-state index < -0.39 is 0 Å². The Morgan fingerprint density at radius 1 is 1.36 bits per heavy atom. The molecule has 0 radical (unpaired) electrons. The summed E-state index contributed by atoms with van der Waals surface area (Å²) in [6, 6.07) is 7.40. The van der Waals surface area contributed by atoms with Crippen LogP contribution in [-0.2, 0) is 4.74 Å². The van der Waals surface area contributed by atoms with Crippen molar-refractivity contribution in [3.8, 4) is 11.5 Å². The number of epoxide rings is 1. The van der Waals surface area contributed by atoms with Gasteiger partial charge in [-0.1, -0.05) is 6.58 Å². The highest BCUT2D eigenvalue weighted by Gasteiger charge is 2.22. The molecule has 1 aromatic rings. The summed E-state index contributed by atoms with van der Waals surface area (Å²) in [5.74, 6) is 1.59. The Hall–Kier alpha value is -1.48. The number of hydrogen-bond acceptors (Lipinski definition) is 3. The third kappa shape index (κ3) is 2.50. The third-order valence-electron chi connectivity index (χ3n) is 1.88. The second kappa shape index (κ2) is 4.15. The Morgan fingerprint density at radius 2 is 2.00 bits per heavy atom. The largest absolute Gasteiger partial charge is 0.491 e. The van der Waals surface area contributed by atoms with Crippen molar-refractivity contribution in [2.24, 2.45) is 0 Å². The van der Waals surface area contributed by atoms with Crippen LogP contribution in [0.15, 0.2) is 37.1 Å². The monoisotopic (exact) mass is 192 g/mol. The van der Waals surface area contributed by atoms with Crippen LogP contribution in [0.1, 0.15) is 0 Å². The van der Waals surface area contributed by atoms with Crippen LogP contribution < -0.4 is 9.47 Å². The van der Waals surface area contributed by atoms with E-state index in [1.54, 1.807) is 0 Å². The lowest BCUT2D eigenvalue weighted by molar-refractivity contribution is 0.263. The van der Waals surface area contributed by atoms with Gasteiger partial charge in [0.25, 0.3) is 0 Å². The van der Waals surface area contributed by atoms with E-state index in [2.05, 4.69) is 6.58 Å².